The molecule has 1 N–H and O–H groups in total. The minimum Gasteiger partial charge on any atom is -0.298 e. The van der Waals surface area contributed by atoms with E-state index in [4.69, 9.17) is 0 Å². The summed E-state index contributed by atoms with van der Waals surface area (Å²) in [6.07, 6.45) is 0. The number of rotatable bonds is 3. The van der Waals surface area contributed by atoms with Crippen LogP contribution in [0, 0.1) is 17.3 Å². The second-order valence-electron chi connectivity index (χ2n) is 6.22. The maximum Gasteiger partial charge on any atom is 0.0746 e. The zero-order valence-electron chi connectivity index (χ0n) is 12.1. The molecule has 0 aromatic heterocycles. The van der Waals surface area contributed by atoms with Crippen LogP contribution in [0.5, 0.6) is 0 Å². The van der Waals surface area contributed by atoms with Crippen LogP contribution in [0.3, 0.4) is 0 Å². The highest BCUT2D eigenvalue weighted by Gasteiger charge is 2.14. The van der Waals surface area contributed by atoms with Crippen molar-refractivity contribution in [3.05, 3.63) is 29.8 Å². The smallest absolute Gasteiger partial charge is 0.0746 e. The zero-order valence-corrected chi connectivity index (χ0v) is 13.2. The Balaban J connectivity index is 2.61. The van der Waals surface area contributed by atoms with Gasteiger partial charge in [-0.05, 0) is 45.5 Å². The molecule has 1 rings (SSSR count). The maximum absolute atomic E-state index is 3.49. The van der Waals surface area contributed by atoms with Crippen LogP contribution in [0.15, 0.2) is 24.3 Å². The lowest BCUT2D eigenvalue weighted by molar-refractivity contribution is 0.485. The minimum atomic E-state index is -0.160. The fourth-order valence-electron chi connectivity index (χ4n) is 1.35. The van der Waals surface area contributed by atoms with Crippen LogP contribution in [-0.2, 0) is 6.54 Å². The molecule has 0 aliphatic carbocycles. The van der Waals surface area contributed by atoms with Crippen molar-refractivity contribution in [2.24, 2.45) is 5.41 Å². The summed E-state index contributed by atoms with van der Waals surface area (Å²) in [4.78, 5) is 0. The average Bonchev–Trinajstić information content (AvgIpc) is 2.25. The third kappa shape index (κ3) is 6.20. The van der Waals surface area contributed by atoms with Crippen molar-refractivity contribution in [2.45, 2.75) is 46.7 Å². The predicted molar refractivity (Wildman–Crippen MR) is 83.9 cm³/mol. The molecule has 1 nitrogen and oxygen atoms in total. The molecule has 1 aromatic carbocycles. The summed E-state index contributed by atoms with van der Waals surface area (Å²) < 4.78 is 0. The van der Waals surface area contributed by atoms with E-state index in [-0.39, 0.29) is 11.0 Å². The molecular formula is C16H24NP. The van der Waals surface area contributed by atoms with Gasteiger partial charge in [-0.15, -0.1) is 9.24 Å². The Labute approximate surface area is 114 Å². The molecule has 0 radical (unpaired) electrons. The molecule has 1 aromatic rings. The molecule has 0 bridgehead atoms. The Morgan fingerprint density at radius 2 is 1.56 bits per heavy atom. The first-order valence-electron chi connectivity index (χ1n) is 6.32. The van der Waals surface area contributed by atoms with Gasteiger partial charge in [0, 0.05) is 12.0 Å². The van der Waals surface area contributed by atoms with E-state index >= 15 is 0 Å². The van der Waals surface area contributed by atoms with Crippen molar-refractivity contribution in [3.63, 3.8) is 0 Å². The Kier molecular flexibility index (Phi) is 4.97. The lowest BCUT2D eigenvalue weighted by Gasteiger charge is -2.21. The van der Waals surface area contributed by atoms with Gasteiger partial charge in [0.1, 0.15) is 0 Å². The number of nitrogens with one attached hydrogen (secondary N) is 1. The lowest BCUT2D eigenvalue weighted by Crippen LogP contribution is -2.37. The van der Waals surface area contributed by atoms with Crippen LogP contribution >= 0.6 is 9.24 Å². The number of benzene rings is 1. The summed E-state index contributed by atoms with van der Waals surface area (Å²) in [6.45, 7) is 11.5. The molecule has 0 aliphatic heterocycles. The van der Waals surface area contributed by atoms with E-state index in [0.717, 1.165) is 6.54 Å². The van der Waals surface area contributed by atoms with Crippen molar-refractivity contribution in [2.75, 3.05) is 0 Å². The van der Waals surface area contributed by atoms with Crippen molar-refractivity contribution >= 4 is 14.5 Å². The van der Waals surface area contributed by atoms with Crippen molar-refractivity contribution < 1.29 is 0 Å². The molecule has 0 aliphatic rings. The average molecular weight is 261 g/mol. The Bertz CT molecular complexity index is 441. The highest BCUT2D eigenvalue weighted by Crippen LogP contribution is 2.12. The molecule has 1 unspecified atom stereocenters. The highest BCUT2D eigenvalue weighted by molar-refractivity contribution is 7.27. The van der Waals surface area contributed by atoms with Crippen LogP contribution in [0.2, 0.25) is 0 Å². The van der Waals surface area contributed by atoms with E-state index < -0.39 is 0 Å². The van der Waals surface area contributed by atoms with Crippen LogP contribution in [0.4, 0.5) is 0 Å². The van der Waals surface area contributed by atoms with Gasteiger partial charge in [-0.3, -0.25) is 5.32 Å². The zero-order chi connectivity index (χ0) is 13.8. The van der Waals surface area contributed by atoms with Gasteiger partial charge in [0.15, 0.2) is 0 Å². The standard InChI is InChI=1S/C16H24NP/c1-15(2,3)10-11-16(4,5)17-12-13-6-8-14(18)9-7-13/h6-9,17H,12,18H2,1-5H3. The van der Waals surface area contributed by atoms with Gasteiger partial charge in [-0.1, -0.05) is 36.1 Å². The quantitative estimate of drug-likeness (QED) is 0.651. The van der Waals surface area contributed by atoms with Crippen LogP contribution in [0.1, 0.15) is 40.2 Å². The first kappa shape index (κ1) is 15.2. The fraction of sp³-hybridized carbons (Fsp3) is 0.500. The van der Waals surface area contributed by atoms with Gasteiger partial charge in [0.25, 0.3) is 0 Å². The van der Waals surface area contributed by atoms with Crippen LogP contribution in [-0.4, -0.2) is 5.54 Å². The first-order valence-corrected chi connectivity index (χ1v) is 6.89. The molecule has 1 atom stereocenters. The van der Waals surface area contributed by atoms with E-state index in [1.165, 1.54) is 10.9 Å². The minimum absolute atomic E-state index is 0.0556. The van der Waals surface area contributed by atoms with Gasteiger partial charge in [-0.2, -0.15) is 0 Å². The predicted octanol–water partition coefficient (Wildman–Crippen LogP) is 3.10. The number of hydrogen-bond acceptors (Lipinski definition) is 1. The van der Waals surface area contributed by atoms with Gasteiger partial charge >= 0.3 is 0 Å². The van der Waals surface area contributed by atoms with Gasteiger partial charge < -0.3 is 0 Å². The maximum atomic E-state index is 3.49. The summed E-state index contributed by atoms with van der Waals surface area (Å²) in [6, 6.07) is 8.50. The lowest BCUT2D eigenvalue weighted by atomic mass is 9.95. The van der Waals surface area contributed by atoms with E-state index in [1.807, 2.05) is 0 Å². The largest absolute Gasteiger partial charge is 0.298 e. The fourth-order valence-corrected chi connectivity index (χ4v) is 1.54. The molecule has 0 spiro atoms. The summed E-state index contributed by atoms with van der Waals surface area (Å²) in [5.41, 5.74) is 1.18. The summed E-state index contributed by atoms with van der Waals surface area (Å²) >= 11 is 0. The van der Waals surface area contributed by atoms with E-state index in [1.54, 1.807) is 0 Å². The van der Waals surface area contributed by atoms with Crippen molar-refractivity contribution in [1.82, 2.24) is 5.32 Å². The molecular weight excluding hydrogens is 237 g/mol. The Hall–Kier alpha value is -0.830. The van der Waals surface area contributed by atoms with Gasteiger partial charge in [0.2, 0.25) is 0 Å². The van der Waals surface area contributed by atoms with Gasteiger partial charge in [-0.25, -0.2) is 0 Å². The van der Waals surface area contributed by atoms with Gasteiger partial charge in [0.05, 0.1) is 5.54 Å². The van der Waals surface area contributed by atoms with E-state index in [2.05, 4.69) is 85.3 Å². The second kappa shape index (κ2) is 5.87. The molecule has 0 saturated heterocycles. The normalized spacial score (nSPS) is 11.9. The van der Waals surface area contributed by atoms with Crippen LogP contribution in [0.25, 0.3) is 0 Å². The summed E-state index contributed by atoms with van der Waals surface area (Å²) in [7, 11) is 2.70. The molecule has 18 heavy (non-hydrogen) atoms. The number of hydrogen-bond donors (Lipinski definition) is 1. The highest BCUT2D eigenvalue weighted by atomic mass is 31.0. The molecule has 98 valence electrons. The second-order valence-corrected chi connectivity index (χ2v) is 6.89. The van der Waals surface area contributed by atoms with Crippen LogP contribution < -0.4 is 10.6 Å². The molecule has 0 amide bonds. The summed E-state index contributed by atoms with van der Waals surface area (Å²) in [5.74, 6) is 6.61. The topological polar surface area (TPSA) is 12.0 Å². The summed E-state index contributed by atoms with van der Waals surface area (Å²) in [5, 5.41) is 4.70. The SMILES string of the molecule is CC(C)(C)C#CC(C)(C)NCc1ccc(P)cc1. The first-order chi connectivity index (χ1) is 8.18. The third-order valence-corrected chi connectivity index (χ3v) is 2.85. The molecule has 0 saturated carbocycles. The molecule has 2 heteroatoms. The molecule has 0 heterocycles. The van der Waals surface area contributed by atoms with E-state index in [9.17, 15) is 0 Å². The molecule has 0 fully saturated rings. The Morgan fingerprint density at radius 1 is 1.00 bits per heavy atom. The Morgan fingerprint density at radius 3 is 2.06 bits per heavy atom. The van der Waals surface area contributed by atoms with Crippen molar-refractivity contribution in [1.29, 1.82) is 0 Å². The monoisotopic (exact) mass is 261 g/mol. The van der Waals surface area contributed by atoms with E-state index in [0.29, 0.717) is 0 Å². The third-order valence-electron chi connectivity index (χ3n) is 2.46. The van der Waals surface area contributed by atoms with Crippen molar-refractivity contribution in [3.8, 4) is 11.8 Å².